The van der Waals surface area contributed by atoms with Crippen molar-refractivity contribution in [2.24, 2.45) is 5.73 Å². The molecule has 2 aromatic heterocycles. The summed E-state index contributed by atoms with van der Waals surface area (Å²) in [5, 5.41) is 5.34. The van der Waals surface area contributed by atoms with Gasteiger partial charge in [0.25, 0.3) is 5.91 Å². The van der Waals surface area contributed by atoms with Gasteiger partial charge in [-0.2, -0.15) is 0 Å². The largest absolute Gasteiger partial charge is 0.365 e. The molecule has 134 valence electrons. The van der Waals surface area contributed by atoms with E-state index in [0.29, 0.717) is 10.6 Å². The molecule has 0 bridgehead atoms. The van der Waals surface area contributed by atoms with Gasteiger partial charge in [0, 0.05) is 28.9 Å². The first-order valence-electron chi connectivity index (χ1n) is 7.77. The number of fused-ring (bicyclic) bond motifs is 1. The van der Waals surface area contributed by atoms with E-state index in [0.717, 1.165) is 41.4 Å². The molecule has 0 saturated carbocycles. The molecule has 0 atom stereocenters. The lowest BCUT2D eigenvalue weighted by atomic mass is 10.0. The molecule has 1 aliphatic rings. The van der Waals surface area contributed by atoms with E-state index >= 15 is 0 Å². The second-order valence-corrected chi connectivity index (χ2v) is 7.61. The number of nitrogens with one attached hydrogen (secondary N) is 1. The van der Waals surface area contributed by atoms with Crippen molar-refractivity contribution in [1.82, 2.24) is 4.90 Å². The van der Waals surface area contributed by atoms with Crippen LogP contribution in [0.5, 0.6) is 0 Å². The van der Waals surface area contributed by atoms with E-state index < -0.39 is 5.91 Å². The highest BCUT2D eigenvalue weighted by Crippen LogP contribution is 2.36. The first kappa shape index (κ1) is 19.7. The van der Waals surface area contributed by atoms with E-state index in [9.17, 15) is 9.59 Å². The van der Waals surface area contributed by atoms with Gasteiger partial charge in [0.15, 0.2) is 0 Å². The number of rotatable bonds is 5. The number of halogens is 1. The van der Waals surface area contributed by atoms with Gasteiger partial charge in [-0.05, 0) is 36.1 Å². The first-order valence-corrected chi connectivity index (χ1v) is 9.47. The zero-order chi connectivity index (χ0) is 17.1. The van der Waals surface area contributed by atoms with Crippen LogP contribution in [0.2, 0.25) is 0 Å². The number of likely N-dealkylation sites (N-methyl/N-ethyl adjacent to an activating group) is 1. The number of thiophene rings is 2. The fourth-order valence-corrected chi connectivity index (χ4v) is 4.69. The van der Waals surface area contributed by atoms with E-state index in [4.69, 9.17) is 5.73 Å². The zero-order valence-electron chi connectivity index (χ0n) is 13.8. The Morgan fingerprint density at radius 2 is 2.24 bits per heavy atom. The lowest BCUT2D eigenvalue weighted by Crippen LogP contribution is -2.30. The molecule has 8 heteroatoms. The predicted octanol–water partition coefficient (Wildman–Crippen LogP) is 3.36. The molecule has 2 amide bonds. The highest BCUT2D eigenvalue weighted by molar-refractivity contribution is 7.17. The molecule has 0 fully saturated rings. The average Bonchev–Trinajstić information content (AvgIpc) is 3.19. The number of nitrogens with two attached hydrogens (primary N) is 1. The van der Waals surface area contributed by atoms with Crippen LogP contribution in [0.25, 0.3) is 6.08 Å². The lowest BCUT2D eigenvalue weighted by Gasteiger charge is -2.25. The fourth-order valence-electron chi connectivity index (χ4n) is 2.77. The molecule has 0 radical (unpaired) electrons. The quantitative estimate of drug-likeness (QED) is 0.759. The second kappa shape index (κ2) is 8.62. The summed E-state index contributed by atoms with van der Waals surface area (Å²) in [6, 6.07) is 3.87. The van der Waals surface area contributed by atoms with Crippen LogP contribution in [0.4, 0.5) is 5.00 Å². The van der Waals surface area contributed by atoms with Crippen LogP contribution >= 0.6 is 35.1 Å². The normalized spacial score (nSPS) is 14.1. The standard InChI is InChI=1S/C17H19N3O2S2.ClH/c1-2-20-8-7-12-13(10-20)24-17(15(12)16(18)22)19-14(21)6-5-11-4-3-9-23-11;/h3-6,9H,2,7-8,10H2,1H3,(H2,18,22)(H,19,21);1H/b6-5+;. The van der Waals surface area contributed by atoms with E-state index in [1.165, 1.54) is 17.4 Å². The topological polar surface area (TPSA) is 75.4 Å². The third-order valence-corrected chi connectivity index (χ3v) is 5.98. The molecule has 0 aromatic carbocycles. The summed E-state index contributed by atoms with van der Waals surface area (Å²) < 4.78 is 0. The molecular weight excluding hydrogens is 378 g/mol. The molecule has 3 heterocycles. The molecule has 3 rings (SSSR count). The van der Waals surface area contributed by atoms with Gasteiger partial charge in [0.1, 0.15) is 5.00 Å². The Morgan fingerprint density at radius 1 is 1.44 bits per heavy atom. The molecule has 0 saturated heterocycles. The maximum atomic E-state index is 12.2. The maximum absolute atomic E-state index is 12.2. The van der Waals surface area contributed by atoms with E-state index in [1.807, 2.05) is 17.5 Å². The lowest BCUT2D eigenvalue weighted by molar-refractivity contribution is -0.111. The molecule has 2 aromatic rings. The maximum Gasteiger partial charge on any atom is 0.251 e. The summed E-state index contributed by atoms with van der Waals surface area (Å²) in [4.78, 5) is 28.5. The van der Waals surface area contributed by atoms with Crippen molar-refractivity contribution in [2.45, 2.75) is 19.9 Å². The molecule has 1 aliphatic heterocycles. The van der Waals surface area contributed by atoms with Gasteiger partial charge in [-0.25, -0.2) is 0 Å². The van der Waals surface area contributed by atoms with Crippen molar-refractivity contribution in [3.05, 3.63) is 44.5 Å². The number of carbonyl (C=O) groups excluding carboxylic acids is 2. The first-order chi connectivity index (χ1) is 11.6. The number of nitrogens with zero attached hydrogens (tertiary/aromatic N) is 1. The Balaban J connectivity index is 0.00000225. The van der Waals surface area contributed by atoms with Crippen LogP contribution in [0.1, 0.15) is 32.6 Å². The van der Waals surface area contributed by atoms with Crippen LogP contribution in [0.3, 0.4) is 0 Å². The number of primary amides is 1. The smallest absolute Gasteiger partial charge is 0.251 e. The summed E-state index contributed by atoms with van der Waals surface area (Å²) >= 11 is 3.02. The van der Waals surface area contributed by atoms with Crippen molar-refractivity contribution in [2.75, 3.05) is 18.4 Å². The number of amides is 2. The molecule has 0 spiro atoms. The Bertz CT molecular complexity index is 784. The number of anilines is 1. The summed E-state index contributed by atoms with van der Waals surface area (Å²) in [6.07, 6.45) is 4.03. The Labute approximate surface area is 160 Å². The second-order valence-electron chi connectivity index (χ2n) is 5.53. The number of hydrogen-bond donors (Lipinski definition) is 2. The minimum atomic E-state index is -0.477. The van der Waals surface area contributed by atoms with Gasteiger partial charge in [0.2, 0.25) is 5.91 Å². The summed E-state index contributed by atoms with van der Waals surface area (Å²) in [6.45, 7) is 4.80. The summed E-state index contributed by atoms with van der Waals surface area (Å²) in [5.74, 6) is -0.730. The van der Waals surface area contributed by atoms with Crippen molar-refractivity contribution in [3.8, 4) is 0 Å². The van der Waals surface area contributed by atoms with Crippen LogP contribution < -0.4 is 11.1 Å². The van der Waals surface area contributed by atoms with Crippen molar-refractivity contribution in [3.63, 3.8) is 0 Å². The molecular formula is C17H20ClN3O2S2. The van der Waals surface area contributed by atoms with Gasteiger partial charge in [-0.3, -0.25) is 14.5 Å². The summed E-state index contributed by atoms with van der Waals surface area (Å²) in [7, 11) is 0. The van der Waals surface area contributed by atoms with E-state index in [-0.39, 0.29) is 18.3 Å². The van der Waals surface area contributed by atoms with Gasteiger partial charge in [-0.15, -0.1) is 35.1 Å². The van der Waals surface area contributed by atoms with Crippen LogP contribution in [-0.4, -0.2) is 29.8 Å². The van der Waals surface area contributed by atoms with Gasteiger partial charge >= 0.3 is 0 Å². The Morgan fingerprint density at radius 3 is 2.88 bits per heavy atom. The Kier molecular flexibility index (Phi) is 6.78. The number of carbonyl (C=O) groups is 2. The van der Waals surface area contributed by atoms with E-state index in [2.05, 4.69) is 17.1 Å². The molecule has 0 unspecified atom stereocenters. The van der Waals surface area contributed by atoms with Crippen LogP contribution in [0, 0.1) is 0 Å². The molecule has 25 heavy (non-hydrogen) atoms. The molecule has 0 aliphatic carbocycles. The number of hydrogen-bond acceptors (Lipinski definition) is 5. The zero-order valence-corrected chi connectivity index (χ0v) is 16.2. The Hall–Kier alpha value is -1.67. The summed E-state index contributed by atoms with van der Waals surface area (Å²) in [5.41, 5.74) is 7.03. The predicted molar refractivity (Wildman–Crippen MR) is 107 cm³/mol. The van der Waals surface area contributed by atoms with Crippen molar-refractivity contribution in [1.29, 1.82) is 0 Å². The fraction of sp³-hybridized carbons (Fsp3) is 0.294. The third kappa shape index (κ3) is 4.49. The van der Waals surface area contributed by atoms with Crippen molar-refractivity contribution < 1.29 is 9.59 Å². The van der Waals surface area contributed by atoms with E-state index in [1.54, 1.807) is 17.4 Å². The highest BCUT2D eigenvalue weighted by Gasteiger charge is 2.26. The third-order valence-electron chi connectivity index (χ3n) is 4.01. The van der Waals surface area contributed by atoms with Gasteiger partial charge in [-0.1, -0.05) is 13.0 Å². The monoisotopic (exact) mass is 397 g/mol. The molecule has 3 N–H and O–H groups in total. The average molecular weight is 398 g/mol. The molecule has 5 nitrogen and oxygen atoms in total. The van der Waals surface area contributed by atoms with Crippen molar-refractivity contribution >= 4 is 58.0 Å². The van der Waals surface area contributed by atoms with Crippen LogP contribution in [-0.2, 0) is 17.8 Å². The van der Waals surface area contributed by atoms with Gasteiger partial charge in [0.05, 0.1) is 5.56 Å². The SMILES string of the molecule is CCN1CCc2c(sc(NC(=O)/C=C/c3cccs3)c2C(N)=O)C1.Cl. The minimum Gasteiger partial charge on any atom is -0.365 e. The highest BCUT2D eigenvalue weighted by atomic mass is 35.5. The van der Waals surface area contributed by atoms with Gasteiger partial charge < -0.3 is 11.1 Å². The van der Waals surface area contributed by atoms with Crippen LogP contribution in [0.15, 0.2) is 23.6 Å². The minimum absolute atomic E-state index is 0.